The van der Waals surface area contributed by atoms with Crippen LogP contribution in [0, 0.1) is 15.5 Å². The maximum atomic E-state index is 10.5. The van der Waals surface area contributed by atoms with Gasteiger partial charge in [-0.3, -0.25) is 0 Å². The SMILES string of the molecule is O=[N+]([O-])c1cn(CC2(CBr)CCCC2)cn1. The zero-order valence-corrected chi connectivity index (χ0v) is 10.5. The fourth-order valence-electron chi connectivity index (χ4n) is 2.38. The summed E-state index contributed by atoms with van der Waals surface area (Å²) in [7, 11) is 0. The molecule has 0 aromatic carbocycles. The summed E-state index contributed by atoms with van der Waals surface area (Å²) in [5.74, 6) is -0.0669. The molecule has 0 bridgehead atoms. The van der Waals surface area contributed by atoms with Crippen molar-refractivity contribution in [2.75, 3.05) is 5.33 Å². The molecule has 88 valence electrons. The van der Waals surface area contributed by atoms with Crippen molar-refractivity contribution >= 4 is 21.7 Å². The van der Waals surface area contributed by atoms with Gasteiger partial charge >= 0.3 is 5.82 Å². The number of aromatic nitrogens is 2. The van der Waals surface area contributed by atoms with Crippen molar-refractivity contribution in [2.45, 2.75) is 32.2 Å². The Labute approximate surface area is 102 Å². The third kappa shape index (κ3) is 2.26. The Morgan fingerprint density at radius 1 is 1.56 bits per heavy atom. The summed E-state index contributed by atoms with van der Waals surface area (Å²) < 4.78 is 1.84. The molecule has 1 fully saturated rings. The van der Waals surface area contributed by atoms with Gasteiger partial charge in [-0.25, -0.2) is 0 Å². The molecule has 1 aromatic heterocycles. The molecule has 0 radical (unpaired) electrons. The molecule has 0 N–H and O–H groups in total. The van der Waals surface area contributed by atoms with Gasteiger partial charge in [0, 0.05) is 11.9 Å². The summed E-state index contributed by atoms with van der Waals surface area (Å²) >= 11 is 3.56. The number of hydrogen-bond acceptors (Lipinski definition) is 3. The van der Waals surface area contributed by atoms with Crippen LogP contribution < -0.4 is 0 Å². The van der Waals surface area contributed by atoms with E-state index < -0.39 is 4.92 Å². The van der Waals surface area contributed by atoms with Crippen LogP contribution in [0.5, 0.6) is 0 Å². The minimum Gasteiger partial charge on any atom is -0.358 e. The molecule has 1 aromatic rings. The minimum atomic E-state index is -0.452. The van der Waals surface area contributed by atoms with E-state index in [0.717, 1.165) is 11.9 Å². The van der Waals surface area contributed by atoms with Crippen molar-refractivity contribution in [3.8, 4) is 0 Å². The molecule has 0 atom stereocenters. The zero-order valence-electron chi connectivity index (χ0n) is 8.93. The van der Waals surface area contributed by atoms with Gasteiger partial charge in [-0.05, 0) is 28.2 Å². The Balaban J connectivity index is 2.10. The number of halogens is 1. The number of alkyl halides is 1. The Kier molecular flexibility index (Phi) is 3.28. The van der Waals surface area contributed by atoms with E-state index in [9.17, 15) is 10.1 Å². The highest BCUT2D eigenvalue weighted by atomic mass is 79.9. The molecule has 0 aliphatic heterocycles. The molecule has 0 spiro atoms. The first kappa shape index (κ1) is 11.6. The maximum absolute atomic E-state index is 10.5. The number of rotatable bonds is 4. The first-order valence-corrected chi connectivity index (χ1v) is 6.49. The lowest BCUT2D eigenvalue weighted by Crippen LogP contribution is -2.24. The number of nitrogens with zero attached hydrogens (tertiary/aromatic N) is 3. The van der Waals surface area contributed by atoms with Crippen molar-refractivity contribution in [1.82, 2.24) is 9.55 Å². The van der Waals surface area contributed by atoms with Gasteiger partial charge in [0.15, 0.2) is 0 Å². The molecule has 5 nitrogen and oxygen atoms in total. The smallest absolute Gasteiger partial charge is 0.358 e. The molecule has 1 aliphatic rings. The second-order valence-corrected chi connectivity index (χ2v) is 5.06. The first-order chi connectivity index (χ1) is 7.65. The van der Waals surface area contributed by atoms with E-state index in [0.29, 0.717) is 0 Å². The van der Waals surface area contributed by atoms with Crippen LogP contribution in [-0.4, -0.2) is 19.8 Å². The number of hydrogen-bond donors (Lipinski definition) is 0. The van der Waals surface area contributed by atoms with Crippen LogP contribution in [0.2, 0.25) is 0 Å². The number of imidazole rings is 1. The minimum absolute atomic E-state index is 0.0669. The van der Waals surface area contributed by atoms with E-state index in [1.807, 2.05) is 4.57 Å². The molecule has 2 rings (SSSR count). The average Bonchev–Trinajstić information content (AvgIpc) is 2.88. The first-order valence-electron chi connectivity index (χ1n) is 5.37. The summed E-state index contributed by atoms with van der Waals surface area (Å²) in [6, 6.07) is 0. The van der Waals surface area contributed by atoms with Crippen LogP contribution in [0.1, 0.15) is 25.7 Å². The topological polar surface area (TPSA) is 61.0 Å². The van der Waals surface area contributed by atoms with Crippen LogP contribution >= 0.6 is 15.9 Å². The predicted molar refractivity (Wildman–Crippen MR) is 63.6 cm³/mol. The predicted octanol–water partition coefficient (Wildman–Crippen LogP) is 2.75. The van der Waals surface area contributed by atoms with E-state index in [1.54, 1.807) is 6.33 Å². The van der Waals surface area contributed by atoms with Crippen molar-refractivity contribution in [1.29, 1.82) is 0 Å². The lowest BCUT2D eigenvalue weighted by molar-refractivity contribution is -0.389. The third-order valence-electron chi connectivity index (χ3n) is 3.27. The Hall–Kier alpha value is -0.910. The molecule has 1 aliphatic carbocycles. The fraction of sp³-hybridized carbons (Fsp3) is 0.700. The van der Waals surface area contributed by atoms with Gasteiger partial charge in [-0.2, -0.15) is 0 Å². The third-order valence-corrected chi connectivity index (χ3v) is 4.46. The summed E-state index contributed by atoms with van der Waals surface area (Å²) in [6.07, 6.45) is 7.95. The van der Waals surface area contributed by atoms with E-state index in [4.69, 9.17) is 0 Å². The molecule has 0 amide bonds. The lowest BCUT2D eigenvalue weighted by Gasteiger charge is -2.26. The van der Waals surface area contributed by atoms with Gasteiger partial charge in [-0.1, -0.05) is 28.8 Å². The summed E-state index contributed by atoms with van der Waals surface area (Å²) in [5, 5.41) is 11.5. The van der Waals surface area contributed by atoms with E-state index in [-0.39, 0.29) is 11.2 Å². The summed E-state index contributed by atoms with van der Waals surface area (Å²) in [5.41, 5.74) is 0.259. The Morgan fingerprint density at radius 3 is 2.75 bits per heavy atom. The van der Waals surface area contributed by atoms with Crippen molar-refractivity contribution in [3.63, 3.8) is 0 Å². The highest BCUT2D eigenvalue weighted by Crippen LogP contribution is 2.41. The standard InChI is InChI=1S/C10H14BrN3O2/c11-6-10(3-1-2-4-10)7-13-5-9(12-8-13)14(15)16/h5,8H,1-4,6-7H2. The molecular formula is C10H14BrN3O2. The maximum Gasteiger partial charge on any atom is 0.381 e. The summed E-state index contributed by atoms with van der Waals surface area (Å²) in [4.78, 5) is 13.8. The van der Waals surface area contributed by atoms with Crippen LogP contribution in [0.25, 0.3) is 0 Å². The summed E-state index contributed by atoms with van der Waals surface area (Å²) in [6.45, 7) is 0.819. The molecule has 0 saturated heterocycles. The van der Waals surface area contributed by atoms with Gasteiger partial charge in [0.05, 0.1) is 0 Å². The largest absolute Gasteiger partial charge is 0.381 e. The van der Waals surface area contributed by atoms with Crippen molar-refractivity contribution < 1.29 is 4.92 Å². The Bertz CT molecular complexity index is 385. The van der Waals surface area contributed by atoms with E-state index in [2.05, 4.69) is 20.9 Å². The second-order valence-electron chi connectivity index (χ2n) is 4.50. The fourth-order valence-corrected chi connectivity index (χ4v) is 3.11. The molecule has 16 heavy (non-hydrogen) atoms. The van der Waals surface area contributed by atoms with E-state index in [1.165, 1.54) is 31.9 Å². The molecule has 6 heteroatoms. The second kappa shape index (κ2) is 4.53. The van der Waals surface area contributed by atoms with Gasteiger partial charge < -0.3 is 14.7 Å². The normalized spacial score (nSPS) is 18.8. The van der Waals surface area contributed by atoms with Crippen LogP contribution in [0.4, 0.5) is 5.82 Å². The lowest BCUT2D eigenvalue weighted by atomic mass is 9.89. The van der Waals surface area contributed by atoms with Gasteiger partial charge in [0.1, 0.15) is 6.20 Å². The van der Waals surface area contributed by atoms with Crippen LogP contribution in [0.15, 0.2) is 12.5 Å². The zero-order chi connectivity index (χ0) is 11.6. The van der Waals surface area contributed by atoms with E-state index >= 15 is 0 Å². The van der Waals surface area contributed by atoms with Gasteiger partial charge in [0.2, 0.25) is 6.33 Å². The molecular weight excluding hydrogens is 274 g/mol. The van der Waals surface area contributed by atoms with Gasteiger partial charge in [-0.15, -0.1) is 0 Å². The van der Waals surface area contributed by atoms with Crippen LogP contribution in [-0.2, 0) is 6.54 Å². The van der Waals surface area contributed by atoms with Crippen molar-refractivity contribution in [2.24, 2.45) is 5.41 Å². The highest BCUT2D eigenvalue weighted by molar-refractivity contribution is 9.09. The molecule has 0 unspecified atom stereocenters. The molecule has 1 saturated carbocycles. The van der Waals surface area contributed by atoms with Crippen LogP contribution in [0.3, 0.4) is 0 Å². The monoisotopic (exact) mass is 287 g/mol. The molecule has 1 heterocycles. The quantitative estimate of drug-likeness (QED) is 0.486. The Morgan fingerprint density at radius 2 is 2.25 bits per heavy atom. The number of nitro groups is 1. The van der Waals surface area contributed by atoms with Crippen molar-refractivity contribution in [3.05, 3.63) is 22.6 Å². The highest BCUT2D eigenvalue weighted by Gasteiger charge is 2.33. The average molecular weight is 288 g/mol. The van der Waals surface area contributed by atoms with Gasteiger partial charge in [0.25, 0.3) is 0 Å².